The molecule has 1 saturated carbocycles. The van der Waals surface area contributed by atoms with Crippen LogP contribution in [-0.2, 0) is 14.3 Å². The first-order valence-electron chi connectivity index (χ1n) is 5.79. The van der Waals surface area contributed by atoms with Crippen LogP contribution in [0.5, 0.6) is 0 Å². The average molecular weight is 226 g/mol. The first kappa shape index (κ1) is 11.6. The number of aliphatic carboxylic acids is 1. The van der Waals surface area contributed by atoms with Gasteiger partial charge in [0.1, 0.15) is 6.79 Å². The van der Waals surface area contributed by atoms with Gasteiger partial charge in [0, 0.05) is 11.0 Å². The van der Waals surface area contributed by atoms with E-state index in [0.29, 0.717) is 12.2 Å². The quantitative estimate of drug-likeness (QED) is 0.747. The minimum Gasteiger partial charge on any atom is -0.478 e. The largest absolute Gasteiger partial charge is 0.478 e. The highest BCUT2D eigenvalue weighted by molar-refractivity contribution is 5.87. The van der Waals surface area contributed by atoms with Gasteiger partial charge in [-0.05, 0) is 12.8 Å². The van der Waals surface area contributed by atoms with E-state index < -0.39 is 11.4 Å². The first-order valence-corrected chi connectivity index (χ1v) is 5.79. The molecular weight excluding hydrogens is 208 g/mol. The van der Waals surface area contributed by atoms with Crippen molar-refractivity contribution in [3.8, 4) is 0 Å². The van der Waals surface area contributed by atoms with Gasteiger partial charge in [0.15, 0.2) is 0 Å². The molecule has 1 saturated heterocycles. The number of carbonyl (C=O) groups is 1. The lowest BCUT2D eigenvalue weighted by molar-refractivity contribution is -0.135. The summed E-state index contributed by atoms with van der Waals surface area (Å²) in [4.78, 5) is 11.2. The van der Waals surface area contributed by atoms with Crippen molar-refractivity contribution in [3.63, 3.8) is 0 Å². The minimum atomic E-state index is -0.905. The molecule has 1 unspecified atom stereocenters. The monoisotopic (exact) mass is 226 g/mol. The number of hydrogen-bond donors (Lipinski definition) is 1. The van der Waals surface area contributed by atoms with Gasteiger partial charge in [0.25, 0.3) is 0 Å². The number of hydrogen-bond acceptors (Lipinski definition) is 3. The zero-order valence-corrected chi connectivity index (χ0v) is 9.41. The molecule has 4 heteroatoms. The van der Waals surface area contributed by atoms with Gasteiger partial charge in [-0.15, -0.1) is 0 Å². The standard InChI is InChI=1S/C12H18O4/c1-9(11(13)14)12(5-3-2-4-6-12)10-7-15-8-16-10/h10H,1-8H2,(H,13,14). The zero-order valence-electron chi connectivity index (χ0n) is 9.41. The van der Waals surface area contributed by atoms with Gasteiger partial charge < -0.3 is 14.6 Å². The van der Waals surface area contributed by atoms with Gasteiger partial charge in [-0.25, -0.2) is 4.79 Å². The third-order valence-corrected chi connectivity index (χ3v) is 3.84. The van der Waals surface area contributed by atoms with Gasteiger partial charge in [0.2, 0.25) is 0 Å². The molecule has 2 fully saturated rings. The van der Waals surface area contributed by atoms with E-state index in [2.05, 4.69) is 6.58 Å². The summed E-state index contributed by atoms with van der Waals surface area (Å²) in [5, 5.41) is 9.16. The third-order valence-electron chi connectivity index (χ3n) is 3.84. The minimum absolute atomic E-state index is 0.128. The van der Waals surface area contributed by atoms with Gasteiger partial charge >= 0.3 is 5.97 Å². The average Bonchev–Trinajstić information content (AvgIpc) is 2.82. The normalized spacial score (nSPS) is 28.9. The summed E-state index contributed by atoms with van der Waals surface area (Å²) < 4.78 is 10.7. The molecule has 1 N–H and O–H groups in total. The summed E-state index contributed by atoms with van der Waals surface area (Å²) in [5.41, 5.74) is -0.108. The molecule has 90 valence electrons. The lowest BCUT2D eigenvalue weighted by Gasteiger charge is -2.40. The van der Waals surface area contributed by atoms with Crippen LogP contribution >= 0.6 is 0 Å². The molecule has 4 nitrogen and oxygen atoms in total. The second kappa shape index (κ2) is 4.55. The molecule has 0 amide bonds. The Hall–Kier alpha value is -0.870. The van der Waals surface area contributed by atoms with Crippen molar-refractivity contribution in [2.24, 2.45) is 5.41 Å². The van der Waals surface area contributed by atoms with E-state index in [4.69, 9.17) is 14.6 Å². The first-order chi connectivity index (χ1) is 7.67. The van der Waals surface area contributed by atoms with Crippen molar-refractivity contribution >= 4 is 5.97 Å². The van der Waals surface area contributed by atoms with Crippen LogP contribution in [0.4, 0.5) is 0 Å². The third kappa shape index (κ3) is 1.87. The van der Waals surface area contributed by atoms with Crippen molar-refractivity contribution in [1.29, 1.82) is 0 Å². The fourth-order valence-corrected chi connectivity index (χ4v) is 2.87. The Morgan fingerprint density at radius 2 is 2.00 bits per heavy atom. The van der Waals surface area contributed by atoms with Crippen molar-refractivity contribution in [3.05, 3.63) is 12.2 Å². The number of carboxylic acids is 1. The molecule has 2 aliphatic rings. The Bertz CT molecular complexity index is 285. The number of carboxylic acid groups (broad SMARTS) is 1. The van der Waals surface area contributed by atoms with Crippen LogP contribution in [0.1, 0.15) is 32.1 Å². The predicted molar refractivity (Wildman–Crippen MR) is 58.0 cm³/mol. The summed E-state index contributed by atoms with van der Waals surface area (Å²) >= 11 is 0. The highest BCUT2D eigenvalue weighted by atomic mass is 16.7. The Balaban J connectivity index is 2.23. The molecule has 16 heavy (non-hydrogen) atoms. The Kier molecular flexibility index (Phi) is 3.30. The maximum absolute atomic E-state index is 11.2. The summed E-state index contributed by atoms with van der Waals surface area (Å²) in [6, 6.07) is 0. The van der Waals surface area contributed by atoms with Crippen LogP contribution < -0.4 is 0 Å². The van der Waals surface area contributed by atoms with Gasteiger partial charge in [-0.3, -0.25) is 0 Å². The van der Waals surface area contributed by atoms with Gasteiger partial charge in [-0.2, -0.15) is 0 Å². The molecule has 0 aromatic heterocycles. The van der Waals surface area contributed by atoms with E-state index in [-0.39, 0.29) is 12.9 Å². The SMILES string of the molecule is C=C(C(=O)O)C1(C2COCO2)CCCCC1. The second-order valence-electron chi connectivity index (χ2n) is 4.64. The number of rotatable bonds is 3. The Labute approximate surface area is 95.2 Å². The zero-order chi connectivity index (χ0) is 11.6. The van der Waals surface area contributed by atoms with Crippen LogP contribution in [0.25, 0.3) is 0 Å². The van der Waals surface area contributed by atoms with E-state index in [0.717, 1.165) is 25.7 Å². The van der Waals surface area contributed by atoms with Crippen LogP contribution in [0.2, 0.25) is 0 Å². The highest BCUT2D eigenvalue weighted by Crippen LogP contribution is 2.47. The summed E-state index contributed by atoms with van der Waals surface area (Å²) in [7, 11) is 0. The molecule has 0 aromatic carbocycles. The molecule has 1 heterocycles. The second-order valence-corrected chi connectivity index (χ2v) is 4.64. The van der Waals surface area contributed by atoms with E-state index in [1.54, 1.807) is 0 Å². The molecule has 0 spiro atoms. The predicted octanol–water partition coefficient (Wildman–Crippen LogP) is 1.95. The summed E-state index contributed by atoms with van der Waals surface area (Å²) in [6.07, 6.45) is 4.84. The van der Waals surface area contributed by atoms with Gasteiger partial charge in [0.05, 0.1) is 12.7 Å². The fourth-order valence-electron chi connectivity index (χ4n) is 2.87. The van der Waals surface area contributed by atoms with Gasteiger partial charge in [-0.1, -0.05) is 25.8 Å². The van der Waals surface area contributed by atoms with Crippen LogP contribution in [0.3, 0.4) is 0 Å². The summed E-state index contributed by atoms with van der Waals surface area (Å²) in [6.45, 7) is 4.53. The Morgan fingerprint density at radius 3 is 2.50 bits per heavy atom. The Morgan fingerprint density at radius 1 is 1.31 bits per heavy atom. The van der Waals surface area contributed by atoms with Crippen LogP contribution in [0.15, 0.2) is 12.2 Å². The molecule has 1 aliphatic heterocycles. The molecule has 1 aliphatic carbocycles. The van der Waals surface area contributed by atoms with E-state index >= 15 is 0 Å². The van der Waals surface area contributed by atoms with Crippen molar-refractivity contribution in [2.45, 2.75) is 38.2 Å². The van der Waals surface area contributed by atoms with E-state index in [1.165, 1.54) is 6.42 Å². The van der Waals surface area contributed by atoms with Crippen molar-refractivity contribution in [1.82, 2.24) is 0 Å². The molecular formula is C12H18O4. The maximum Gasteiger partial charge on any atom is 0.331 e. The molecule has 0 radical (unpaired) electrons. The van der Waals surface area contributed by atoms with Crippen LogP contribution in [0, 0.1) is 5.41 Å². The highest BCUT2D eigenvalue weighted by Gasteiger charge is 2.46. The molecule has 1 atom stereocenters. The van der Waals surface area contributed by atoms with Crippen LogP contribution in [-0.4, -0.2) is 30.6 Å². The number of ether oxygens (including phenoxy) is 2. The lowest BCUT2D eigenvalue weighted by atomic mass is 9.66. The molecule has 2 rings (SSSR count). The van der Waals surface area contributed by atoms with E-state index in [1.807, 2.05) is 0 Å². The molecule has 0 bridgehead atoms. The lowest BCUT2D eigenvalue weighted by Crippen LogP contribution is -2.42. The topological polar surface area (TPSA) is 55.8 Å². The van der Waals surface area contributed by atoms with Crippen molar-refractivity contribution < 1.29 is 19.4 Å². The summed E-state index contributed by atoms with van der Waals surface area (Å²) in [5.74, 6) is -0.905. The maximum atomic E-state index is 11.2. The fraction of sp³-hybridized carbons (Fsp3) is 0.750. The van der Waals surface area contributed by atoms with E-state index in [9.17, 15) is 4.79 Å². The van der Waals surface area contributed by atoms with Crippen molar-refractivity contribution in [2.75, 3.05) is 13.4 Å². The molecule has 0 aromatic rings. The smallest absolute Gasteiger partial charge is 0.331 e.